The largest absolute Gasteiger partial charge is 0.501 e. The van der Waals surface area contributed by atoms with Crippen molar-refractivity contribution in [3.8, 4) is 0 Å². The third-order valence-corrected chi connectivity index (χ3v) is 2.33. The summed E-state index contributed by atoms with van der Waals surface area (Å²) in [4.78, 5) is 0. The third kappa shape index (κ3) is 0.958. The van der Waals surface area contributed by atoms with Gasteiger partial charge in [0.1, 0.15) is 0 Å². The van der Waals surface area contributed by atoms with Gasteiger partial charge < -0.3 is 4.74 Å². The van der Waals surface area contributed by atoms with E-state index in [0.717, 1.165) is 17.6 Å². The Labute approximate surface area is 56.7 Å². The van der Waals surface area contributed by atoms with E-state index in [9.17, 15) is 0 Å². The lowest BCUT2D eigenvalue weighted by atomic mass is 10.4. The molecule has 0 N–H and O–H groups in total. The predicted octanol–water partition coefficient (Wildman–Crippen LogP) is 2.19. The summed E-state index contributed by atoms with van der Waals surface area (Å²) in [5.74, 6) is 2.66. The lowest BCUT2D eigenvalue weighted by Crippen LogP contribution is -1.78. The highest BCUT2D eigenvalue weighted by Crippen LogP contribution is 2.46. The second-order valence-corrected chi connectivity index (χ2v) is 2.79. The van der Waals surface area contributed by atoms with Crippen molar-refractivity contribution in [1.82, 2.24) is 0 Å². The molecule has 9 heavy (non-hydrogen) atoms. The minimum absolute atomic E-state index is 0.768. The smallest absolute Gasteiger partial charge is 0.0922 e. The Morgan fingerprint density at radius 2 is 1.78 bits per heavy atom. The first-order chi connectivity index (χ1) is 4.18. The summed E-state index contributed by atoms with van der Waals surface area (Å²) < 4.78 is 5.09. The molecule has 0 aliphatic heterocycles. The molecular formula is C8H14O. The zero-order valence-corrected chi connectivity index (χ0v) is 6.56. The number of hydrogen-bond acceptors (Lipinski definition) is 1. The molecule has 0 spiro atoms. The molecule has 0 amide bonds. The molecule has 0 aromatic heterocycles. The van der Waals surface area contributed by atoms with Crippen molar-refractivity contribution in [3.63, 3.8) is 0 Å². The van der Waals surface area contributed by atoms with E-state index < -0.39 is 0 Å². The molecule has 0 aromatic rings. The highest BCUT2D eigenvalue weighted by atomic mass is 16.5. The van der Waals surface area contributed by atoms with Crippen molar-refractivity contribution in [2.45, 2.75) is 20.8 Å². The number of hydrogen-bond donors (Lipinski definition) is 0. The van der Waals surface area contributed by atoms with Crippen LogP contribution in [0.1, 0.15) is 20.8 Å². The van der Waals surface area contributed by atoms with Crippen LogP contribution in [0, 0.1) is 11.8 Å². The number of ether oxygens (including phenoxy) is 1. The standard InChI is InChI=1S/C8H14O/c1-5-6(2)8(5)7(3)9-4/h5-6H,1-4H3. The molecular weight excluding hydrogens is 112 g/mol. The van der Waals surface area contributed by atoms with Crippen molar-refractivity contribution < 1.29 is 4.74 Å². The Morgan fingerprint density at radius 3 is 1.89 bits per heavy atom. The van der Waals surface area contributed by atoms with Gasteiger partial charge in [-0.2, -0.15) is 0 Å². The summed E-state index contributed by atoms with van der Waals surface area (Å²) >= 11 is 0. The second kappa shape index (κ2) is 2.05. The SMILES string of the molecule is COC(C)=C1C(C)C1C. The van der Waals surface area contributed by atoms with Crippen LogP contribution in [-0.4, -0.2) is 7.11 Å². The minimum Gasteiger partial charge on any atom is -0.501 e. The van der Waals surface area contributed by atoms with Crippen LogP contribution in [0.5, 0.6) is 0 Å². The molecule has 0 bridgehead atoms. The zero-order valence-electron chi connectivity index (χ0n) is 6.56. The minimum atomic E-state index is 0.768. The first kappa shape index (κ1) is 6.66. The maximum absolute atomic E-state index is 5.09. The summed E-state index contributed by atoms with van der Waals surface area (Å²) in [6.45, 7) is 6.51. The zero-order chi connectivity index (χ0) is 7.02. The summed E-state index contributed by atoms with van der Waals surface area (Å²) in [5, 5.41) is 0. The average Bonchev–Trinajstić information content (AvgIpc) is 2.40. The van der Waals surface area contributed by atoms with Gasteiger partial charge in [-0.05, 0) is 24.3 Å². The monoisotopic (exact) mass is 126 g/mol. The van der Waals surface area contributed by atoms with Gasteiger partial charge in [-0.3, -0.25) is 0 Å². The van der Waals surface area contributed by atoms with Crippen molar-refractivity contribution in [2.75, 3.05) is 7.11 Å². The van der Waals surface area contributed by atoms with Gasteiger partial charge in [0.15, 0.2) is 0 Å². The maximum Gasteiger partial charge on any atom is 0.0922 e. The van der Waals surface area contributed by atoms with Crippen LogP contribution in [-0.2, 0) is 4.74 Å². The van der Waals surface area contributed by atoms with Crippen LogP contribution in [0.2, 0.25) is 0 Å². The molecule has 1 nitrogen and oxygen atoms in total. The Balaban J connectivity index is 2.64. The molecule has 52 valence electrons. The Bertz CT molecular complexity index is 137. The van der Waals surface area contributed by atoms with Gasteiger partial charge in [0.2, 0.25) is 0 Å². The van der Waals surface area contributed by atoms with E-state index in [0.29, 0.717) is 0 Å². The predicted molar refractivity (Wildman–Crippen MR) is 38.0 cm³/mol. The number of rotatable bonds is 1. The summed E-state index contributed by atoms with van der Waals surface area (Å²) in [5.41, 5.74) is 1.50. The molecule has 2 atom stereocenters. The van der Waals surface area contributed by atoms with E-state index in [1.54, 1.807) is 7.11 Å². The van der Waals surface area contributed by atoms with Crippen molar-refractivity contribution >= 4 is 0 Å². The van der Waals surface area contributed by atoms with E-state index in [1.807, 2.05) is 6.92 Å². The van der Waals surface area contributed by atoms with Crippen LogP contribution in [0.15, 0.2) is 11.3 Å². The first-order valence-corrected chi connectivity index (χ1v) is 3.43. The van der Waals surface area contributed by atoms with Gasteiger partial charge >= 0.3 is 0 Å². The van der Waals surface area contributed by atoms with Crippen LogP contribution in [0.25, 0.3) is 0 Å². The van der Waals surface area contributed by atoms with E-state index in [-0.39, 0.29) is 0 Å². The normalized spacial score (nSPS) is 32.2. The van der Waals surface area contributed by atoms with Crippen LogP contribution >= 0.6 is 0 Å². The van der Waals surface area contributed by atoms with Gasteiger partial charge in [-0.15, -0.1) is 0 Å². The van der Waals surface area contributed by atoms with Gasteiger partial charge in [-0.25, -0.2) is 0 Å². The summed E-state index contributed by atoms with van der Waals surface area (Å²) in [6, 6.07) is 0. The molecule has 2 unspecified atom stereocenters. The molecule has 1 saturated carbocycles. The Hall–Kier alpha value is -0.460. The molecule has 1 aliphatic rings. The topological polar surface area (TPSA) is 9.23 Å². The molecule has 0 radical (unpaired) electrons. The fourth-order valence-corrected chi connectivity index (χ4v) is 1.33. The molecule has 0 aromatic carbocycles. The van der Waals surface area contributed by atoms with E-state index in [2.05, 4.69) is 13.8 Å². The molecule has 1 aliphatic carbocycles. The number of allylic oxidation sites excluding steroid dienone is 2. The maximum atomic E-state index is 5.09. The quantitative estimate of drug-likeness (QED) is 0.489. The summed E-state index contributed by atoms with van der Waals surface area (Å²) in [6.07, 6.45) is 0. The third-order valence-electron chi connectivity index (χ3n) is 2.33. The van der Waals surface area contributed by atoms with Gasteiger partial charge in [0.05, 0.1) is 12.9 Å². The molecule has 1 heteroatoms. The first-order valence-electron chi connectivity index (χ1n) is 3.43. The van der Waals surface area contributed by atoms with Crippen molar-refractivity contribution in [2.24, 2.45) is 11.8 Å². The summed E-state index contributed by atoms with van der Waals surface area (Å²) in [7, 11) is 1.74. The van der Waals surface area contributed by atoms with E-state index >= 15 is 0 Å². The van der Waals surface area contributed by atoms with Gasteiger partial charge in [0.25, 0.3) is 0 Å². The Morgan fingerprint density at radius 1 is 1.33 bits per heavy atom. The fourth-order valence-electron chi connectivity index (χ4n) is 1.33. The van der Waals surface area contributed by atoms with E-state index in [4.69, 9.17) is 4.74 Å². The number of methoxy groups -OCH3 is 1. The average molecular weight is 126 g/mol. The highest BCUT2D eigenvalue weighted by molar-refractivity contribution is 5.29. The Kier molecular flexibility index (Phi) is 1.52. The van der Waals surface area contributed by atoms with Crippen molar-refractivity contribution in [3.05, 3.63) is 11.3 Å². The van der Waals surface area contributed by atoms with Crippen LogP contribution < -0.4 is 0 Å². The fraction of sp³-hybridized carbons (Fsp3) is 0.750. The van der Waals surface area contributed by atoms with Gasteiger partial charge in [0, 0.05) is 0 Å². The second-order valence-electron chi connectivity index (χ2n) is 2.79. The molecule has 0 saturated heterocycles. The molecule has 1 fully saturated rings. The van der Waals surface area contributed by atoms with Gasteiger partial charge in [-0.1, -0.05) is 13.8 Å². The van der Waals surface area contributed by atoms with E-state index in [1.165, 1.54) is 5.57 Å². The lowest BCUT2D eigenvalue weighted by Gasteiger charge is -1.94. The van der Waals surface area contributed by atoms with Crippen LogP contribution in [0.3, 0.4) is 0 Å². The highest BCUT2D eigenvalue weighted by Gasteiger charge is 2.38. The molecule has 1 rings (SSSR count). The van der Waals surface area contributed by atoms with Crippen molar-refractivity contribution in [1.29, 1.82) is 0 Å². The molecule has 0 heterocycles. The van der Waals surface area contributed by atoms with Crippen LogP contribution in [0.4, 0.5) is 0 Å². The lowest BCUT2D eigenvalue weighted by molar-refractivity contribution is 0.290.